The van der Waals surface area contributed by atoms with Crippen molar-refractivity contribution in [3.8, 4) is 0 Å². The van der Waals surface area contributed by atoms with E-state index in [1.54, 1.807) is 0 Å². The number of hydrogen-bond acceptors (Lipinski definition) is 6. The van der Waals surface area contributed by atoms with E-state index in [9.17, 15) is 9.13 Å². The Kier molecular flexibility index (Phi) is 23.6. The van der Waals surface area contributed by atoms with Crippen LogP contribution >= 0.6 is 16.5 Å². The quantitative estimate of drug-likeness (QED) is 0.451. The van der Waals surface area contributed by atoms with Crippen LogP contribution in [0.5, 0.6) is 0 Å². The first-order valence-electron chi connectivity index (χ1n) is 2.36. The SMILES string of the molecule is CC1(O)O[PH](=O)O[PH](=O)O1.[Na].[Na].[Na].[Na]. The summed E-state index contributed by atoms with van der Waals surface area (Å²) in [6.45, 7) is 1.08. The molecule has 6 nitrogen and oxygen atoms in total. The average molecular weight is 280 g/mol. The second-order valence-electron chi connectivity index (χ2n) is 1.70. The molecule has 0 aromatic carbocycles. The summed E-state index contributed by atoms with van der Waals surface area (Å²) in [4.78, 5) is 0. The van der Waals surface area contributed by atoms with E-state index in [4.69, 9.17) is 5.11 Å². The molecular weight excluding hydrogens is 274 g/mol. The molecule has 0 aromatic rings. The molecule has 0 amide bonds. The van der Waals surface area contributed by atoms with Crippen molar-refractivity contribution in [1.29, 1.82) is 0 Å². The Morgan fingerprint density at radius 2 is 1.29 bits per heavy atom. The van der Waals surface area contributed by atoms with E-state index in [2.05, 4.69) is 13.4 Å². The Bertz CT molecular complexity index is 180. The van der Waals surface area contributed by atoms with Crippen molar-refractivity contribution in [2.45, 2.75) is 12.9 Å². The van der Waals surface area contributed by atoms with Gasteiger partial charge in [-0.25, -0.2) is 4.31 Å². The molecule has 14 heavy (non-hydrogen) atoms. The van der Waals surface area contributed by atoms with Gasteiger partial charge in [0.1, 0.15) is 0 Å². The van der Waals surface area contributed by atoms with Crippen LogP contribution in [0.3, 0.4) is 0 Å². The van der Waals surface area contributed by atoms with Gasteiger partial charge >= 0.3 is 16.5 Å². The third-order valence-electron chi connectivity index (χ3n) is 0.712. The fraction of sp³-hybridized carbons (Fsp3) is 1.00. The fourth-order valence-corrected chi connectivity index (χ4v) is 2.10. The molecule has 12 heteroatoms. The van der Waals surface area contributed by atoms with Crippen molar-refractivity contribution in [3.05, 3.63) is 0 Å². The molecule has 1 N–H and O–H groups in total. The smallest absolute Gasteiger partial charge is 0.330 e. The largest absolute Gasteiger partial charge is 0.343 e. The zero-order valence-corrected chi connectivity index (χ0v) is 19.0. The van der Waals surface area contributed by atoms with Gasteiger partial charge in [-0.3, -0.25) is 18.2 Å². The van der Waals surface area contributed by atoms with Crippen molar-refractivity contribution in [3.63, 3.8) is 0 Å². The Hall–Kier alpha value is 4.30. The molecule has 1 heterocycles. The van der Waals surface area contributed by atoms with E-state index in [0.717, 1.165) is 6.92 Å². The number of rotatable bonds is 0. The first kappa shape index (κ1) is 26.8. The standard InChI is InChI=1S/C2H6O6P2.4Na/c1-2(3)6-9(4)8-10(5)7-2;;;;/h3,9-10H,1H3;;;;. The summed E-state index contributed by atoms with van der Waals surface area (Å²) in [5.74, 6) is -2.04. The molecule has 64 valence electrons. The molecule has 0 saturated carbocycles. The topological polar surface area (TPSA) is 82.1 Å². The number of aliphatic hydroxyl groups is 1. The van der Waals surface area contributed by atoms with Crippen LogP contribution in [0.1, 0.15) is 6.92 Å². The monoisotopic (exact) mass is 280 g/mol. The van der Waals surface area contributed by atoms with Crippen LogP contribution in [0, 0.1) is 0 Å². The van der Waals surface area contributed by atoms with Gasteiger partial charge in [-0.05, 0) is 0 Å². The van der Waals surface area contributed by atoms with Gasteiger partial charge in [-0.15, -0.1) is 0 Å². The summed E-state index contributed by atoms with van der Waals surface area (Å²) >= 11 is 0. The second kappa shape index (κ2) is 12.3. The molecule has 4 radical (unpaired) electrons. The van der Waals surface area contributed by atoms with Gasteiger partial charge in [0.25, 0.3) is 5.97 Å². The maximum absolute atomic E-state index is 10.4. The molecule has 1 rings (SSSR count). The van der Waals surface area contributed by atoms with Crippen molar-refractivity contribution >= 4 is 135 Å². The Morgan fingerprint density at radius 1 is 1.00 bits per heavy atom. The van der Waals surface area contributed by atoms with Gasteiger partial charge in [0.05, 0.1) is 0 Å². The molecule has 1 aliphatic heterocycles. The normalized spacial score (nSPS) is 35.0. The Morgan fingerprint density at radius 3 is 1.50 bits per heavy atom. The van der Waals surface area contributed by atoms with Crippen molar-refractivity contribution < 1.29 is 27.6 Å². The molecule has 0 aliphatic carbocycles. The molecule has 1 saturated heterocycles. The van der Waals surface area contributed by atoms with E-state index in [1.165, 1.54) is 0 Å². The molecule has 2 unspecified atom stereocenters. The van der Waals surface area contributed by atoms with Crippen LogP contribution in [0.25, 0.3) is 0 Å². The van der Waals surface area contributed by atoms with E-state index in [0.29, 0.717) is 0 Å². The predicted molar refractivity (Wildman–Crippen MR) is 54.9 cm³/mol. The minimum atomic E-state index is -2.84. The van der Waals surface area contributed by atoms with Gasteiger partial charge in [-0.2, -0.15) is 0 Å². The van der Waals surface area contributed by atoms with E-state index in [1.807, 2.05) is 0 Å². The maximum Gasteiger partial charge on any atom is 0.330 e. The fourth-order valence-electron chi connectivity index (χ4n) is 0.440. The van der Waals surface area contributed by atoms with Gasteiger partial charge < -0.3 is 5.11 Å². The molecule has 0 spiro atoms. The summed E-state index contributed by atoms with van der Waals surface area (Å²) in [6, 6.07) is 0. The minimum absolute atomic E-state index is 0. The van der Waals surface area contributed by atoms with Gasteiger partial charge in [0.15, 0.2) is 0 Å². The summed E-state index contributed by atoms with van der Waals surface area (Å²) < 4.78 is 33.4. The third-order valence-corrected chi connectivity index (χ3v) is 3.14. The van der Waals surface area contributed by atoms with Gasteiger partial charge in [0, 0.05) is 125 Å². The van der Waals surface area contributed by atoms with Crippen LogP contribution in [0.15, 0.2) is 0 Å². The Balaban J connectivity index is -0.000000125. The predicted octanol–water partition coefficient (Wildman–Crippen LogP) is -1.03. The van der Waals surface area contributed by atoms with Crippen LogP contribution in [-0.2, 0) is 22.5 Å². The van der Waals surface area contributed by atoms with Crippen molar-refractivity contribution in [2.24, 2.45) is 0 Å². The van der Waals surface area contributed by atoms with Crippen molar-refractivity contribution in [2.75, 3.05) is 0 Å². The molecule has 1 aliphatic rings. The summed E-state index contributed by atoms with van der Waals surface area (Å²) in [6.07, 6.45) is 0. The Labute approximate surface area is 172 Å². The van der Waals surface area contributed by atoms with Gasteiger partial charge in [-0.1, -0.05) is 0 Å². The van der Waals surface area contributed by atoms with E-state index >= 15 is 0 Å². The number of hydrogen-bond donors (Lipinski definition) is 1. The van der Waals surface area contributed by atoms with E-state index in [-0.39, 0.29) is 118 Å². The molecule has 2 atom stereocenters. The van der Waals surface area contributed by atoms with Gasteiger partial charge in [0.2, 0.25) is 0 Å². The zero-order chi connectivity index (χ0) is 7.78. The molecule has 1 fully saturated rings. The van der Waals surface area contributed by atoms with Crippen molar-refractivity contribution in [1.82, 2.24) is 0 Å². The zero-order valence-electron chi connectivity index (χ0n) is 8.99. The average Bonchev–Trinajstić information content (AvgIpc) is 1.54. The molecule has 0 aromatic heterocycles. The van der Waals surface area contributed by atoms with Crippen LogP contribution in [0.4, 0.5) is 0 Å². The third kappa shape index (κ3) is 11.4. The molecule has 0 bridgehead atoms. The molecular formula is C2H6Na4O6P2. The maximum atomic E-state index is 10.4. The van der Waals surface area contributed by atoms with Crippen LogP contribution in [-0.4, -0.2) is 129 Å². The minimum Gasteiger partial charge on any atom is -0.343 e. The first-order valence-corrected chi connectivity index (χ1v) is 4.81. The van der Waals surface area contributed by atoms with E-state index < -0.39 is 22.5 Å². The summed E-state index contributed by atoms with van der Waals surface area (Å²) in [5.41, 5.74) is 0. The van der Waals surface area contributed by atoms with Crippen LogP contribution in [0.2, 0.25) is 0 Å². The summed E-state index contributed by atoms with van der Waals surface area (Å²) in [5, 5.41) is 8.84. The summed E-state index contributed by atoms with van der Waals surface area (Å²) in [7, 11) is -5.68. The first-order chi connectivity index (χ1) is 4.49. The van der Waals surface area contributed by atoms with Crippen LogP contribution < -0.4 is 0 Å². The second-order valence-corrected chi connectivity index (χ2v) is 3.93.